The molecule has 1 aliphatic heterocycles. The molecule has 2 aliphatic rings. The average Bonchev–Trinajstić information content (AvgIpc) is 3.11. The number of nitrogens with zero attached hydrogens (tertiary/aromatic N) is 1. The Kier molecular flexibility index (Phi) is 3.00. The van der Waals surface area contributed by atoms with E-state index in [1.807, 2.05) is 0 Å². The minimum atomic E-state index is 0.598. The van der Waals surface area contributed by atoms with E-state index in [2.05, 4.69) is 42.1 Å². The Morgan fingerprint density at radius 3 is 2.56 bits per heavy atom. The molecule has 1 aromatic carbocycles. The van der Waals surface area contributed by atoms with Crippen molar-refractivity contribution in [1.29, 1.82) is 0 Å². The third-order valence-electron chi connectivity index (χ3n) is 3.40. The van der Waals surface area contributed by atoms with Crippen molar-refractivity contribution in [2.24, 2.45) is 4.99 Å². The van der Waals surface area contributed by atoms with Gasteiger partial charge in [-0.1, -0.05) is 30.3 Å². The fourth-order valence-electron chi connectivity index (χ4n) is 2.35. The minimum Gasteiger partial charge on any atom is -0.290 e. The lowest BCUT2D eigenvalue weighted by molar-refractivity contribution is 0.961. The molecule has 84 valence electrons. The highest BCUT2D eigenvalue weighted by molar-refractivity contribution is 7.99. The Morgan fingerprint density at radius 2 is 1.81 bits per heavy atom. The van der Waals surface area contributed by atoms with Gasteiger partial charge >= 0.3 is 0 Å². The Balaban J connectivity index is 1.64. The molecule has 2 atom stereocenters. The highest BCUT2D eigenvalue weighted by Gasteiger charge is 2.38. The first-order valence-corrected chi connectivity index (χ1v) is 7.27. The molecule has 16 heavy (non-hydrogen) atoms. The molecular weight excluding hydrogens is 214 g/mol. The molecule has 1 heterocycles. The first-order valence-electron chi connectivity index (χ1n) is 6.12. The SMILES string of the molecule is c1ccc(C2CC2N=C2CCSCC2)cc1. The Morgan fingerprint density at radius 1 is 1.06 bits per heavy atom. The molecular formula is C14H17NS. The summed E-state index contributed by atoms with van der Waals surface area (Å²) in [6, 6.07) is 11.4. The molecule has 2 heteroatoms. The van der Waals surface area contributed by atoms with Crippen molar-refractivity contribution < 1.29 is 0 Å². The van der Waals surface area contributed by atoms with Crippen LogP contribution in [-0.4, -0.2) is 23.3 Å². The summed E-state index contributed by atoms with van der Waals surface area (Å²) in [5.74, 6) is 3.27. The third-order valence-corrected chi connectivity index (χ3v) is 4.39. The molecule has 1 nitrogen and oxygen atoms in total. The standard InChI is InChI=1S/C14H17NS/c1-2-4-11(5-3-1)13-10-14(13)15-12-6-8-16-9-7-12/h1-5,13-14H,6-10H2. The molecule has 0 bridgehead atoms. The summed E-state index contributed by atoms with van der Waals surface area (Å²) in [7, 11) is 0. The molecule has 1 aliphatic carbocycles. The van der Waals surface area contributed by atoms with E-state index in [0.717, 1.165) is 0 Å². The van der Waals surface area contributed by atoms with E-state index in [9.17, 15) is 0 Å². The topological polar surface area (TPSA) is 12.4 Å². The van der Waals surface area contributed by atoms with Gasteiger partial charge in [0, 0.05) is 11.6 Å². The molecule has 1 aromatic rings. The van der Waals surface area contributed by atoms with Crippen LogP contribution in [0, 0.1) is 0 Å². The zero-order chi connectivity index (χ0) is 10.8. The van der Waals surface area contributed by atoms with Gasteiger partial charge < -0.3 is 0 Å². The molecule has 1 saturated carbocycles. The summed E-state index contributed by atoms with van der Waals surface area (Å²) in [6.07, 6.45) is 3.71. The van der Waals surface area contributed by atoms with Gasteiger partial charge in [-0.25, -0.2) is 0 Å². The van der Waals surface area contributed by atoms with Crippen LogP contribution < -0.4 is 0 Å². The maximum atomic E-state index is 4.91. The average molecular weight is 231 g/mol. The highest BCUT2D eigenvalue weighted by Crippen LogP contribution is 2.43. The van der Waals surface area contributed by atoms with Crippen LogP contribution >= 0.6 is 11.8 Å². The van der Waals surface area contributed by atoms with E-state index in [-0.39, 0.29) is 0 Å². The number of aliphatic imine (C=N–C) groups is 1. The monoisotopic (exact) mass is 231 g/mol. The lowest BCUT2D eigenvalue weighted by Gasteiger charge is -2.12. The van der Waals surface area contributed by atoms with Crippen LogP contribution in [-0.2, 0) is 0 Å². The molecule has 3 rings (SSSR count). The van der Waals surface area contributed by atoms with E-state index in [0.29, 0.717) is 12.0 Å². The molecule has 0 aromatic heterocycles. The van der Waals surface area contributed by atoms with Crippen LogP contribution in [0.2, 0.25) is 0 Å². The number of benzene rings is 1. The first-order chi connectivity index (χ1) is 7.93. The van der Waals surface area contributed by atoms with Crippen molar-refractivity contribution in [3.8, 4) is 0 Å². The van der Waals surface area contributed by atoms with E-state index in [1.165, 1.54) is 42.0 Å². The second-order valence-electron chi connectivity index (χ2n) is 4.63. The van der Waals surface area contributed by atoms with Crippen LogP contribution in [0.1, 0.15) is 30.7 Å². The van der Waals surface area contributed by atoms with Gasteiger partial charge in [-0.15, -0.1) is 0 Å². The van der Waals surface area contributed by atoms with Crippen molar-refractivity contribution in [2.45, 2.75) is 31.2 Å². The molecule has 0 radical (unpaired) electrons. The van der Waals surface area contributed by atoms with Gasteiger partial charge in [0.15, 0.2) is 0 Å². The van der Waals surface area contributed by atoms with Crippen LogP contribution in [0.3, 0.4) is 0 Å². The number of hydrogen-bond donors (Lipinski definition) is 0. The molecule has 2 unspecified atom stereocenters. The second-order valence-corrected chi connectivity index (χ2v) is 5.85. The lowest BCUT2D eigenvalue weighted by Crippen LogP contribution is -2.09. The summed E-state index contributed by atoms with van der Waals surface area (Å²) in [4.78, 5) is 4.91. The minimum absolute atomic E-state index is 0.598. The largest absolute Gasteiger partial charge is 0.290 e. The smallest absolute Gasteiger partial charge is 0.0574 e. The quantitative estimate of drug-likeness (QED) is 0.758. The van der Waals surface area contributed by atoms with Gasteiger partial charge in [0.05, 0.1) is 6.04 Å². The predicted octanol–water partition coefficient (Wildman–Crippen LogP) is 3.51. The van der Waals surface area contributed by atoms with Crippen molar-refractivity contribution in [1.82, 2.24) is 0 Å². The van der Waals surface area contributed by atoms with E-state index in [4.69, 9.17) is 4.99 Å². The second kappa shape index (κ2) is 4.62. The third kappa shape index (κ3) is 2.32. The van der Waals surface area contributed by atoms with Gasteiger partial charge in [-0.3, -0.25) is 4.99 Å². The van der Waals surface area contributed by atoms with Crippen molar-refractivity contribution >= 4 is 17.5 Å². The fourth-order valence-corrected chi connectivity index (χ4v) is 3.32. The Hall–Kier alpha value is -0.760. The van der Waals surface area contributed by atoms with E-state index in [1.54, 1.807) is 0 Å². The maximum absolute atomic E-state index is 4.91. The van der Waals surface area contributed by atoms with Crippen molar-refractivity contribution in [3.05, 3.63) is 35.9 Å². The summed E-state index contributed by atoms with van der Waals surface area (Å²) in [6.45, 7) is 0. The van der Waals surface area contributed by atoms with Crippen LogP contribution in [0.5, 0.6) is 0 Å². The van der Waals surface area contributed by atoms with E-state index >= 15 is 0 Å². The van der Waals surface area contributed by atoms with Gasteiger partial charge in [-0.2, -0.15) is 11.8 Å². The van der Waals surface area contributed by atoms with Crippen LogP contribution in [0.4, 0.5) is 0 Å². The summed E-state index contributed by atoms with van der Waals surface area (Å²) in [5, 5.41) is 0. The summed E-state index contributed by atoms with van der Waals surface area (Å²) >= 11 is 2.06. The lowest BCUT2D eigenvalue weighted by atomic mass is 10.1. The number of hydrogen-bond acceptors (Lipinski definition) is 2. The Bertz CT molecular complexity index is 377. The molecule has 0 N–H and O–H groups in total. The van der Waals surface area contributed by atoms with Crippen molar-refractivity contribution in [3.63, 3.8) is 0 Å². The highest BCUT2D eigenvalue weighted by atomic mass is 32.2. The van der Waals surface area contributed by atoms with Crippen LogP contribution in [0.15, 0.2) is 35.3 Å². The summed E-state index contributed by atoms with van der Waals surface area (Å²) in [5.41, 5.74) is 2.95. The molecule has 0 amide bonds. The zero-order valence-electron chi connectivity index (χ0n) is 9.43. The Labute approximate surface area is 101 Å². The molecule has 1 saturated heterocycles. The number of rotatable bonds is 2. The maximum Gasteiger partial charge on any atom is 0.0574 e. The van der Waals surface area contributed by atoms with E-state index < -0.39 is 0 Å². The number of thioether (sulfide) groups is 1. The molecule has 0 spiro atoms. The summed E-state index contributed by atoms with van der Waals surface area (Å²) < 4.78 is 0. The van der Waals surface area contributed by atoms with Gasteiger partial charge in [-0.05, 0) is 36.3 Å². The zero-order valence-corrected chi connectivity index (χ0v) is 10.2. The van der Waals surface area contributed by atoms with Gasteiger partial charge in [0.1, 0.15) is 0 Å². The van der Waals surface area contributed by atoms with Crippen LogP contribution in [0.25, 0.3) is 0 Å². The predicted molar refractivity (Wildman–Crippen MR) is 71.6 cm³/mol. The normalized spacial score (nSPS) is 28.9. The van der Waals surface area contributed by atoms with Crippen molar-refractivity contribution in [2.75, 3.05) is 11.5 Å². The first kappa shape index (κ1) is 10.4. The van der Waals surface area contributed by atoms with Gasteiger partial charge in [0.2, 0.25) is 0 Å². The fraction of sp³-hybridized carbons (Fsp3) is 0.500. The van der Waals surface area contributed by atoms with Gasteiger partial charge in [0.25, 0.3) is 0 Å². The molecule has 2 fully saturated rings.